The zero-order chi connectivity index (χ0) is 23.9. The maximum atomic E-state index is 12.8. The van der Waals surface area contributed by atoms with Gasteiger partial charge in [0, 0.05) is 29.6 Å². The van der Waals surface area contributed by atoms with Crippen LogP contribution in [0.1, 0.15) is 40.1 Å². The Morgan fingerprint density at radius 3 is 2.74 bits per heavy atom. The first-order chi connectivity index (χ1) is 16.2. The van der Waals surface area contributed by atoms with E-state index in [0.717, 1.165) is 49.3 Å². The average molecular weight is 486 g/mol. The first-order valence-corrected chi connectivity index (χ1v) is 11.9. The van der Waals surface area contributed by atoms with Crippen LogP contribution in [0.3, 0.4) is 0 Å². The van der Waals surface area contributed by atoms with Gasteiger partial charge in [-0.05, 0) is 48.4 Å². The molecule has 2 aromatic heterocycles. The molecule has 0 atom stereocenters. The van der Waals surface area contributed by atoms with Crippen LogP contribution in [0.4, 0.5) is 19.0 Å². The molecule has 0 radical (unpaired) electrons. The van der Waals surface area contributed by atoms with Crippen LogP contribution in [0.25, 0.3) is 10.2 Å². The van der Waals surface area contributed by atoms with E-state index in [1.165, 1.54) is 6.33 Å². The molecular formula is C24H22F3N5OS. The van der Waals surface area contributed by atoms with E-state index in [1.807, 2.05) is 0 Å². The van der Waals surface area contributed by atoms with E-state index in [0.29, 0.717) is 28.0 Å². The maximum absolute atomic E-state index is 12.8. The van der Waals surface area contributed by atoms with Crippen LogP contribution in [0.2, 0.25) is 0 Å². The molecule has 6 nitrogen and oxygen atoms in total. The lowest BCUT2D eigenvalue weighted by atomic mass is 9.65. The summed E-state index contributed by atoms with van der Waals surface area (Å²) in [4.78, 5) is 24.1. The Balaban J connectivity index is 1.21. The Morgan fingerprint density at radius 1 is 1.26 bits per heavy atom. The molecule has 1 amide bonds. The normalized spacial score (nSPS) is 22.1. The molecule has 3 aromatic rings. The number of anilines is 1. The smallest absolute Gasteiger partial charge is 0.355 e. The summed E-state index contributed by atoms with van der Waals surface area (Å²) in [5.41, 5.74) is 1.53. The highest BCUT2D eigenvalue weighted by molar-refractivity contribution is 7.18. The standard InChI is InChI=1S/C24H22F3N5OS/c25-24(26,27)12-18-9-19-20(29-14-30-22(19)34-18)32-8-6-23(13-32)10-17(11-23)31-21(33)16-3-1-15(2-4-16)5-7-28/h1-4,9,14,17H,5-6,8,10-13H2,(H,31,33). The largest absolute Gasteiger partial charge is 0.393 e. The van der Waals surface area contributed by atoms with Gasteiger partial charge in [-0.1, -0.05) is 12.1 Å². The minimum atomic E-state index is -4.25. The van der Waals surface area contributed by atoms with E-state index in [9.17, 15) is 18.0 Å². The van der Waals surface area contributed by atoms with Gasteiger partial charge < -0.3 is 10.2 Å². The number of carbonyl (C=O) groups excluding carboxylic acids is 1. The summed E-state index contributed by atoms with van der Waals surface area (Å²) in [7, 11) is 0. The molecule has 2 fully saturated rings. The second-order valence-corrected chi connectivity index (χ2v) is 10.3. The summed E-state index contributed by atoms with van der Waals surface area (Å²) in [5, 5.41) is 12.5. The molecule has 1 aromatic carbocycles. The number of nitriles is 1. The number of nitrogens with zero attached hydrogens (tertiary/aromatic N) is 4. The Labute approximate surface area is 198 Å². The van der Waals surface area contributed by atoms with Crippen molar-refractivity contribution in [1.82, 2.24) is 15.3 Å². The minimum absolute atomic E-state index is 0.0801. The van der Waals surface area contributed by atoms with Gasteiger partial charge in [-0.25, -0.2) is 9.97 Å². The lowest BCUT2D eigenvalue weighted by Gasteiger charge is -2.45. The Bertz CT molecular complexity index is 1260. The van der Waals surface area contributed by atoms with E-state index in [2.05, 4.69) is 26.3 Å². The highest BCUT2D eigenvalue weighted by atomic mass is 32.1. The van der Waals surface area contributed by atoms with Gasteiger partial charge in [0.1, 0.15) is 17.0 Å². The van der Waals surface area contributed by atoms with Gasteiger partial charge in [0.2, 0.25) is 0 Å². The van der Waals surface area contributed by atoms with Crippen molar-refractivity contribution >= 4 is 33.3 Å². The summed E-state index contributed by atoms with van der Waals surface area (Å²) < 4.78 is 38.5. The van der Waals surface area contributed by atoms with Gasteiger partial charge in [0.05, 0.1) is 24.3 Å². The third-order valence-corrected chi connectivity index (χ3v) is 7.71. The van der Waals surface area contributed by atoms with Gasteiger partial charge in [-0.2, -0.15) is 18.4 Å². The predicted octanol–water partition coefficient (Wildman–Crippen LogP) is 4.65. The zero-order valence-electron chi connectivity index (χ0n) is 18.2. The van der Waals surface area contributed by atoms with Crippen molar-refractivity contribution in [2.24, 2.45) is 5.41 Å². The number of rotatable bonds is 5. The number of amides is 1. The van der Waals surface area contributed by atoms with Crippen LogP contribution in [0, 0.1) is 16.7 Å². The fourth-order valence-corrected chi connectivity index (χ4v) is 6.12. The number of aromatic nitrogens is 2. The van der Waals surface area contributed by atoms with Gasteiger partial charge >= 0.3 is 6.18 Å². The van der Waals surface area contributed by atoms with E-state index >= 15 is 0 Å². The third-order valence-electron chi connectivity index (χ3n) is 6.67. The van der Waals surface area contributed by atoms with Crippen LogP contribution >= 0.6 is 11.3 Å². The topological polar surface area (TPSA) is 81.9 Å². The van der Waals surface area contributed by atoms with E-state index in [-0.39, 0.29) is 22.2 Å². The molecule has 34 heavy (non-hydrogen) atoms. The first-order valence-electron chi connectivity index (χ1n) is 11.1. The molecule has 1 saturated carbocycles. The molecule has 1 saturated heterocycles. The molecule has 1 aliphatic heterocycles. The molecule has 2 aliphatic rings. The fourth-order valence-electron chi connectivity index (χ4n) is 5.10. The van der Waals surface area contributed by atoms with Crippen LogP contribution in [0.15, 0.2) is 36.7 Å². The SMILES string of the molecule is N#CCc1ccc(C(=O)NC2CC3(CCN(c4ncnc5sc(CC(F)(F)F)cc45)C3)C2)cc1. The second kappa shape index (κ2) is 8.55. The average Bonchev–Trinajstić information content (AvgIpc) is 3.37. The fraction of sp³-hybridized carbons (Fsp3) is 0.417. The van der Waals surface area contributed by atoms with Crippen molar-refractivity contribution < 1.29 is 18.0 Å². The lowest BCUT2D eigenvalue weighted by molar-refractivity contribution is -0.126. The van der Waals surface area contributed by atoms with Crippen LogP contribution in [-0.4, -0.2) is 41.2 Å². The number of hydrogen-bond acceptors (Lipinski definition) is 6. The van der Waals surface area contributed by atoms with Gasteiger partial charge in [0.15, 0.2) is 0 Å². The maximum Gasteiger partial charge on any atom is 0.393 e. The van der Waals surface area contributed by atoms with Crippen molar-refractivity contribution in [2.45, 2.75) is 44.3 Å². The molecule has 0 unspecified atom stereocenters. The highest BCUT2D eigenvalue weighted by Gasteiger charge is 2.49. The van der Waals surface area contributed by atoms with E-state index < -0.39 is 12.6 Å². The number of halogens is 3. The molecule has 3 heterocycles. The van der Waals surface area contributed by atoms with Crippen molar-refractivity contribution in [1.29, 1.82) is 5.26 Å². The Kier molecular flexibility index (Phi) is 5.68. The summed E-state index contributed by atoms with van der Waals surface area (Å²) in [5.74, 6) is 0.572. The van der Waals surface area contributed by atoms with Gasteiger partial charge in [0.25, 0.3) is 5.91 Å². The van der Waals surface area contributed by atoms with Crippen LogP contribution < -0.4 is 10.2 Å². The first kappa shape index (κ1) is 22.6. The second-order valence-electron chi connectivity index (χ2n) is 9.20. The molecule has 10 heteroatoms. The summed E-state index contributed by atoms with van der Waals surface area (Å²) in [6.07, 6.45) is -0.805. The van der Waals surface area contributed by atoms with Gasteiger partial charge in [-0.15, -0.1) is 11.3 Å². The molecule has 1 N–H and O–H groups in total. The quantitative estimate of drug-likeness (QED) is 0.569. The van der Waals surface area contributed by atoms with Crippen LogP contribution in [0.5, 0.6) is 0 Å². The zero-order valence-corrected chi connectivity index (χ0v) is 19.0. The molecule has 5 rings (SSSR count). The monoisotopic (exact) mass is 485 g/mol. The summed E-state index contributed by atoms with van der Waals surface area (Å²) in [6, 6.07) is 10.8. The number of fused-ring (bicyclic) bond motifs is 1. The van der Waals surface area contributed by atoms with Crippen LogP contribution in [-0.2, 0) is 12.8 Å². The van der Waals surface area contributed by atoms with Crippen molar-refractivity contribution in [3.8, 4) is 6.07 Å². The molecule has 176 valence electrons. The molecule has 0 bridgehead atoms. The predicted molar refractivity (Wildman–Crippen MR) is 123 cm³/mol. The number of benzene rings is 1. The number of thiophene rings is 1. The van der Waals surface area contributed by atoms with Crippen molar-refractivity contribution in [2.75, 3.05) is 18.0 Å². The Morgan fingerprint density at radius 2 is 2.03 bits per heavy atom. The van der Waals surface area contributed by atoms with Gasteiger partial charge in [-0.3, -0.25) is 4.79 Å². The number of alkyl halides is 3. The molecule has 1 aliphatic carbocycles. The molecular weight excluding hydrogens is 463 g/mol. The summed E-state index contributed by atoms with van der Waals surface area (Å²) in [6.45, 7) is 1.54. The third kappa shape index (κ3) is 4.57. The van der Waals surface area contributed by atoms with E-state index in [4.69, 9.17) is 5.26 Å². The summed E-state index contributed by atoms with van der Waals surface area (Å²) >= 11 is 1.06. The number of carbonyl (C=O) groups is 1. The van der Waals surface area contributed by atoms with E-state index in [1.54, 1.807) is 30.3 Å². The number of hydrogen-bond donors (Lipinski definition) is 1. The molecule has 1 spiro atoms. The minimum Gasteiger partial charge on any atom is -0.355 e. The lowest BCUT2D eigenvalue weighted by Crippen LogP contribution is -2.52. The highest BCUT2D eigenvalue weighted by Crippen LogP contribution is 2.49. The van der Waals surface area contributed by atoms with Crippen molar-refractivity contribution in [3.05, 3.63) is 52.7 Å². The Hall–Kier alpha value is -3.19. The number of nitrogens with one attached hydrogen (secondary N) is 1. The van der Waals surface area contributed by atoms with Crippen molar-refractivity contribution in [3.63, 3.8) is 0 Å².